The van der Waals surface area contributed by atoms with E-state index in [0.717, 1.165) is 6.92 Å². The molecule has 2 saturated carbocycles. The number of aromatic hydroxyl groups is 1. The van der Waals surface area contributed by atoms with Crippen LogP contribution in [0.25, 0.3) is 0 Å². The number of phenols is 1. The first kappa shape index (κ1) is 26.3. The number of ketones is 5. The number of Topliss-reactive ketones (excluding diaryl/α,β-unsaturated/α-hetero) is 5. The van der Waals surface area contributed by atoms with Gasteiger partial charge in [0.15, 0.2) is 35.0 Å². The van der Waals surface area contributed by atoms with Crippen LogP contribution in [0.2, 0.25) is 0 Å². The molecule has 4 rings (SSSR count). The first-order valence-electron chi connectivity index (χ1n) is 12.1. The predicted octanol–water partition coefficient (Wildman–Crippen LogP) is 0.250. The van der Waals surface area contributed by atoms with Crippen LogP contribution in [0.1, 0.15) is 61.0 Å². The summed E-state index contributed by atoms with van der Waals surface area (Å²) >= 11 is 0. The van der Waals surface area contributed by atoms with E-state index in [1.54, 1.807) is 26.0 Å². The first-order valence-corrected chi connectivity index (χ1v) is 12.1. The molecular formula is C26H30O10. The average molecular weight is 503 g/mol. The van der Waals surface area contributed by atoms with Crippen LogP contribution in [0, 0.1) is 23.7 Å². The van der Waals surface area contributed by atoms with Crippen molar-refractivity contribution in [1.29, 1.82) is 0 Å². The third-order valence-electron chi connectivity index (χ3n) is 8.08. The van der Waals surface area contributed by atoms with Crippen molar-refractivity contribution in [2.24, 2.45) is 23.7 Å². The lowest BCUT2D eigenvalue weighted by molar-refractivity contribution is -0.189. The molecule has 8 atom stereocenters. The molecule has 0 saturated heterocycles. The minimum absolute atomic E-state index is 0.141. The van der Waals surface area contributed by atoms with E-state index < -0.39 is 82.9 Å². The Morgan fingerprint density at radius 2 is 1.86 bits per heavy atom. The monoisotopic (exact) mass is 502 g/mol. The summed E-state index contributed by atoms with van der Waals surface area (Å²) in [5.41, 5.74) is -2.28. The van der Waals surface area contributed by atoms with Crippen LogP contribution in [0.5, 0.6) is 5.75 Å². The van der Waals surface area contributed by atoms with E-state index in [1.165, 1.54) is 0 Å². The van der Waals surface area contributed by atoms with Gasteiger partial charge in [-0.2, -0.15) is 0 Å². The smallest absolute Gasteiger partial charge is 0.190 e. The average Bonchev–Trinajstić information content (AvgIpc) is 2.81. The highest BCUT2D eigenvalue weighted by Crippen LogP contribution is 2.54. The molecule has 0 aromatic heterocycles. The Morgan fingerprint density at radius 3 is 2.47 bits per heavy atom. The number of rotatable bonds is 6. The Bertz CT molecular complexity index is 1160. The van der Waals surface area contributed by atoms with Gasteiger partial charge in [-0.05, 0) is 37.3 Å². The molecular weight excluding hydrogens is 472 g/mol. The SMILES string of the molecule is CCOC(O)CCc1ccc2c(c1O)C(=O)C1C(=O)C3(O)C(=O)C(C(C)=O)C(=O)CC3C(O)C1C2C. The lowest BCUT2D eigenvalue weighted by atomic mass is 9.50. The number of carbonyl (C=O) groups excluding carboxylic acids is 5. The molecule has 0 amide bonds. The van der Waals surface area contributed by atoms with Gasteiger partial charge in [0.1, 0.15) is 17.5 Å². The number of aliphatic hydroxyl groups excluding tert-OH is 2. The van der Waals surface area contributed by atoms with Crippen molar-refractivity contribution >= 4 is 28.9 Å². The van der Waals surface area contributed by atoms with E-state index in [9.17, 15) is 44.4 Å². The molecule has 0 heterocycles. The molecule has 0 radical (unpaired) electrons. The van der Waals surface area contributed by atoms with Crippen LogP contribution in [-0.2, 0) is 30.3 Å². The van der Waals surface area contributed by atoms with Gasteiger partial charge in [-0.1, -0.05) is 19.1 Å². The molecule has 8 unspecified atom stereocenters. The molecule has 2 fully saturated rings. The maximum atomic E-state index is 13.6. The summed E-state index contributed by atoms with van der Waals surface area (Å²) in [5.74, 6) is -12.0. The van der Waals surface area contributed by atoms with E-state index in [0.29, 0.717) is 17.7 Å². The molecule has 1 aromatic carbocycles. The Hall–Kier alpha value is -2.79. The Morgan fingerprint density at radius 1 is 1.19 bits per heavy atom. The molecule has 3 aliphatic carbocycles. The number of benzene rings is 1. The number of aryl methyl sites for hydroxylation is 1. The van der Waals surface area contributed by atoms with Crippen molar-refractivity contribution in [3.63, 3.8) is 0 Å². The Balaban J connectivity index is 1.77. The molecule has 194 valence electrons. The minimum atomic E-state index is -2.87. The number of aliphatic hydroxyl groups is 3. The number of fused-ring (bicyclic) bond motifs is 3. The van der Waals surface area contributed by atoms with Crippen LogP contribution >= 0.6 is 0 Å². The van der Waals surface area contributed by atoms with Crippen LogP contribution in [0.4, 0.5) is 0 Å². The first-order chi connectivity index (χ1) is 16.9. The van der Waals surface area contributed by atoms with E-state index in [1.807, 2.05) is 0 Å². The molecule has 0 spiro atoms. The van der Waals surface area contributed by atoms with Crippen LogP contribution < -0.4 is 0 Å². The van der Waals surface area contributed by atoms with Crippen LogP contribution in [0.15, 0.2) is 12.1 Å². The maximum Gasteiger partial charge on any atom is 0.190 e. The summed E-state index contributed by atoms with van der Waals surface area (Å²) in [6, 6.07) is 3.20. The van der Waals surface area contributed by atoms with Crippen molar-refractivity contribution < 1.29 is 49.1 Å². The van der Waals surface area contributed by atoms with Crippen molar-refractivity contribution in [2.75, 3.05) is 6.61 Å². The van der Waals surface area contributed by atoms with Gasteiger partial charge in [0.05, 0.1) is 17.6 Å². The van der Waals surface area contributed by atoms with Gasteiger partial charge in [0.2, 0.25) is 0 Å². The van der Waals surface area contributed by atoms with E-state index in [4.69, 9.17) is 4.74 Å². The molecule has 10 nitrogen and oxygen atoms in total. The second-order valence-electron chi connectivity index (χ2n) is 10.0. The fourth-order valence-corrected chi connectivity index (χ4v) is 6.28. The lowest BCUT2D eigenvalue weighted by Gasteiger charge is -2.53. The van der Waals surface area contributed by atoms with Crippen molar-refractivity contribution in [3.05, 3.63) is 28.8 Å². The minimum Gasteiger partial charge on any atom is -0.507 e. The molecule has 0 bridgehead atoms. The van der Waals surface area contributed by atoms with Crippen molar-refractivity contribution in [1.82, 2.24) is 0 Å². The zero-order chi connectivity index (χ0) is 26.7. The molecule has 36 heavy (non-hydrogen) atoms. The van der Waals surface area contributed by atoms with Gasteiger partial charge in [0.25, 0.3) is 0 Å². The highest BCUT2D eigenvalue weighted by molar-refractivity contribution is 6.31. The third-order valence-corrected chi connectivity index (χ3v) is 8.08. The summed E-state index contributed by atoms with van der Waals surface area (Å²) in [4.78, 5) is 64.9. The van der Waals surface area contributed by atoms with Gasteiger partial charge >= 0.3 is 0 Å². The molecule has 10 heteroatoms. The standard InChI is InChI=1S/C26H30O10/c1-4-36-16(29)8-6-12-5-7-13-10(2)17-20(23(32)19(13)21(12)30)25(34)26(35)14(22(17)31)9-15(28)18(11(3)27)24(26)33/h5,7,10,14,16-18,20,22,29-31,35H,4,6,8-9H2,1-3H3. The predicted molar refractivity (Wildman–Crippen MR) is 122 cm³/mol. The van der Waals surface area contributed by atoms with E-state index in [2.05, 4.69) is 0 Å². The molecule has 0 aliphatic heterocycles. The van der Waals surface area contributed by atoms with Gasteiger partial charge in [-0.25, -0.2) is 0 Å². The van der Waals surface area contributed by atoms with Gasteiger partial charge < -0.3 is 25.2 Å². The summed E-state index contributed by atoms with van der Waals surface area (Å²) in [6.07, 6.45) is -2.87. The Kier molecular flexibility index (Phi) is 6.76. The zero-order valence-electron chi connectivity index (χ0n) is 20.3. The molecule has 4 N–H and O–H groups in total. The fraction of sp³-hybridized carbons (Fsp3) is 0.577. The van der Waals surface area contributed by atoms with Gasteiger partial charge in [-0.3, -0.25) is 24.0 Å². The van der Waals surface area contributed by atoms with Crippen LogP contribution in [0.3, 0.4) is 0 Å². The van der Waals surface area contributed by atoms with Crippen molar-refractivity contribution in [3.8, 4) is 5.75 Å². The zero-order valence-corrected chi connectivity index (χ0v) is 20.3. The summed E-state index contributed by atoms with van der Waals surface area (Å²) in [6.45, 7) is 4.67. The largest absolute Gasteiger partial charge is 0.507 e. The van der Waals surface area contributed by atoms with Crippen LogP contribution in [-0.4, -0.2) is 73.9 Å². The number of hydrogen-bond donors (Lipinski definition) is 4. The summed E-state index contributed by atoms with van der Waals surface area (Å²) < 4.78 is 5.08. The Labute approximate surface area is 207 Å². The molecule has 3 aliphatic rings. The number of ether oxygens (including phenoxy) is 1. The van der Waals surface area contributed by atoms with E-state index >= 15 is 0 Å². The second-order valence-corrected chi connectivity index (χ2v) is 10.0. The number of hydrogen-bond acceptors (Lipinski definition) is 10. The summed E-state index contributed by atoms with van der Waals surface area (Å²) in [7, 11) is 0. The van der Waals surface area contributed by atoms with E-state index in [-0.39, 0.29) is 24.2 Å². The normalized spacial score (nSPS) is 34.6. The van der Waals surface area contributed by atoms with Crippen molar-refractivity contribution in [2.45, 2.75) is 63.9 Å². The fourth-order valence-electron chi connectivity index (χ4n) is 6.28. The lowest BCUT2D eigenvalue weighted by Crippen LogP contribution is -2.72. The highest BCUT2D eigenvalue weighted by Gasteiger charge is 2.69. The summed E-state index contributed by atoms with van der Waals surface area (Å²) in [5, 5.41) is 43.4. The maximum absolute atomic E-state index is 13.6. The number of carbonyl (C=O) groups is 5. The third kappa shape index (κ3) is 3.66. The van der Waals surface area contributed by atoms with Gasteiger partial charge in [-0.15, -0.1) is 0 Å². The molecule has 1 aromatic rings. The highest BCUT2D eigenvalue weighted by atomic mass is 16.6. The topological polar surface area (TPSA) is 175 Å². The quantitative estimate of drug-likeness (QED) is 0.312. The number of phenolic OH excluding ortho intramolecular Hbond substituents is 1. The van der Waals surface area contributed by atoms with Gasteiger partial charge in [0, 0.05) is 31.3 Å². The second kappa shape index (κ2) is 9.26.